The van der Waals surface area contributed by atoms with Crippen LogP contribution < -0.4 is 4.74 Å². The maximum absolute atomic E-state index is 13.2. The smallest absolute Gasteiger partial charge is 0.168 e. The number of hydrogen-bond acceptors (Lipinski definition) is 2. The zero-order chi connectivity index (χ0) is 11.4. The van der Waals surface area contributed by atoms with E-state index < -0.39 is 11.6 Å². The van der Waals surface area contributed by atoms with E-state index in [0.29, 0.717) is 0 Å². The van der Waals surface area contributed by atoms with Gasteiger partial charge in [0.1, 0.15) is 5.82 Å². The third-order valence-electron chi connectivity index (χ3n) is 1.74. The molecule has 0 amide bonds. The van der Waals surface area contributed by atoms with E-state index in [0.717, 1.165) is 12.1 Å². The van der Waals surface area contributed by atoms with Crippen LogP contribution in [0.3, 0.4) is 0 Å². The number of hydrogen-bond donors (Lipinski definition) is 0. The molecule has 0 spiro atoms. The highest BCUT2D eigenvalue weighted by atomic mass is 19.1. The molecular formula is C11H10F2O2. The van der Waals surface area contributed by atoms with Gasteiger partial charge in [-0.3, -0.25) is 4.79 Å². The van der Waals surface area contributed by atoms with E-state index in [-0.39, 0.29) is 17.1 Å². The first kappa shape index (κ1) is 11.4. The van der Waals surface area contributed by atoms with Crippen LogP contribution in [0.5, 0.6) is 5.75 Å². The Morgan fingerprint density at radius 1 is 1.40 bits per heavy atom. The van der Waals surface area contributed by atoms with Crippen LogP contribution >= 0.6 is 0 Å². The van der Waals surface area contributed by atoms with Gasteiger partial charge in [-0.05, 0) is 25.1 Å². The van der Waals surface area contributed by atoms with E-state index in [4.69, 9.17) is 4.74 Å². The average molecular weight is 212 g/mol. The summed E-state index contributed by atoms with van der Waals surface area (Å²) in [6.45, 7) is 1.35. The molecule has 0 heterocycles. The van der Waals surface area contributed by atoms with E-state index >= 15 is 0 Å². The number of benzene rings is 1. The highest BCUT2D eigenvalue weighted by Gasteiger charge is 2.09. The number of carbonyl (C=O) groups is 1. The summed E-state index contributed by atoms with van der Waals surface area (Å²) >= 11 is 0. The van der Waals surface area contributed by atoms with E-state index in [1.165, 1.54) is 26.2 Å². The highest BCUT2D eigenvalue weighted by molar-refractivity contribution is 5.91. The quantitative estimate of drug-likeness (QED) is 0.720. The summed E-state index contributed by atoms with van der Waals surface area (Å²) < 4.78 is 30.8. The molecule has 0 fully saturated rings. The van der Waals surface area contributed by atoms with Crippen LogP contribution in [0.2, 0.25) is 0 Å². The molecule has 15 heavy (non-hydrogen) atoms. The van der Waals surface area contributed by atoms with Crippen LogP contribution in [-0.2, 0) is 4.79 Å². The van der Waals surface area contributed by atoms with E-state index in [9.17, 15) is 13.6 Å². The summed E-state index contributed by atoms with van der Waals surface area (Å²) in [4.78, 5) is 10.7. The Morgan fingerprint density at radius 2 is 2.07 bits per heavy atom. The Balaban J connectivity index is 3.20. The van der Waals surface area contributed by atoms with Crippen LogP contribution in [0.1, 0.15) is 12.5 Å². The zero-order valence-corrected chi connectivity index (χ0v) is 8.38. The second kappa shape index (κ2) is 4.68. The third kappa shape index (κ3) is 2.87. The predicted molar refractivity (Wildman–Crippen MR) is 52.6 cm³/mol. The van der Waals surface area contributed by atoms with Gasteiger partial charge in [0.05, 0.1) is 7.11 Å². The topological polar surface area (TPSA) is 26.3 Å². The van der Waals surface area contributed by atoms with Crippen molar-refractivity contribution < 1.29 is 18.3 Å². The van der Waals surface area contributed by atoms with Crippen molar-refractivity contribution in [1.82, 2.24) is 0 Å². The van der Waals surface area contributed by atoms with Crippen LogP contribution in [0, 0.1) is 11.6 Å². The van der Waals surface area contributed by atoms with Crippen molar-refractivity contribution in [3.8, 4) is 5.75 Å². The SMILES string of the molecule is COc1c(F)cc(F)cc1/C=C/C(C)=O. The van der Waals surface area contributed by atoms with Crippen molar-refractivity contribution in [2.75, 3.05) is 7.11 Å². The lowest BCUT2D eigenvalue weighted by Crippen LogP contribution is -1.93. The molecule has 0 radical (unpaired) electrons. The molecule has 0 N–H and O–H groups in total. The largest absolute Gasteiger partial charge is 0.493 e. The van der Waals surface area contributed by atoms with Crippen molar-refractivity contribution >= 4 is 11.9 Å². The molecule has 2 nitrogen and oxygen atoms in total. The second-order valence-electron chi connectivity index (χ2n) is 2.95. The van der Waals surface area contributed by atoms with Gasteiger partial charge in [-0.25, -0.2) is 8.78 Å². The van der Waals surface area contributed by atoms with Crippen molar-refractivity contribution in [2.45, 2.75) is 6.92 Å². The van der Waals surface area contributed by atoms with Gasteiger partial charge in [-0.15, -0.1) is 0 Å². The number of ketones is 1. The molecule has 0 saturated heterocycles. The molecule has 0 atom stereocenters. The molecule has 0 aliphatic rings. The predicted octanol–water partition coefficient (Wildman–Crippen LogP) is 2.58. The van der Waals surface area contributed by atoms with Crippen LogP contribution in [0.4, 0.5) is 8.78 Å². The Kier molecular flexibility index (Phi) is 3.55. The molecule has 1 aromatic carbocycles. The summed E-state index contributed by atoms with van der Waals surface area (Å²) in [6, 6.07) is 1.82. The lowest BCUT2D eigenvalue weighted by atomic mass is 10.1. The molecular weight excluding hydrogens is 202 g/mol. The van der Waals surface area contributed by atoms with Gasteiger partial charge in [0.25, 0.3) is 0 Å². The fourth-order valence-corrected chi connectivity index (χ4v) is 1.13. The van der Waals surface area contributed by atoms with Crippen LogP contribution in [-0.4, -0.2) is 12.9 Å². The fourth-order valence-electron chi connectivity index (χ4n) is 1.13. The minimum Gasteiger partial charge on any atom is -0.493 e. The Hall–Kier alpha value is -1.71. The van der Waals surface area contributed by atoms with Crippen molar-refractivity contribution in [2.24, 2.45) is 0 Å². The Bertz CT molecular complexity index is 411. The summed E-state index contributed by atoms with van der Waals surface area (Å²) in [5.74, 6) is -1.78. The minimum atomic E-state index is -0.791. The van der Waals surface area contributed by atoms with Crippen LogP contribution in [0.25, 0.3) is 6.08 Å². The Morgan fingerprint density at radius 3 is 2.60 bits per heavy atom. The zero-order valence-electron chi connectivity index (χ0n) is 8.38. The summed E-state index contributed by atoms with van der Waals surface area (Å²) in [5.41, 5.74) is 0.199. The van der Waals surface area contributed by atoms with E-state index in [2.05, 4.69) is 0 Å². The van der Waals surface area contributed by atoms with Crippen molar-refractivity contribution in [3.05, 3.63) is 35.4 Å². The van der Waals surface area contributed by atoms with Crippen molar-refractivity contribution in [1.29, 1.82) is 0 Å². The molecule has 80 valence electrons. The number of methoxy groups -OCH3 is 1. The molecule has 0 aromatic heterocycles. The first-order chi connectivity index (χ1) is 7.04. The summed E-state index contributed by atoms with van der Waals surface area (Å²) in [7, 11) is 1.28. The summed E-state index contributed by atoms with van der Waals surface area (Å²) in [5, 5.41) is 0. The maximum atomic E-state index is 13.2. The number of carbonyl (C=O) groups excluding carboxylic acids is 1. The van der Waals surface area contributed by atoms with Crippen LogP contribution in [0.15, 0.2) is 18.2 Å². The Labute approximate surface area is 86.2 Å². The van der Waals surface area contributed by atoms with Crippen molar-refractivity contribution in [3.63, 3.8) is 0 Å². The molecule has 1 aromatic rings. The third-order valence-corrected chi connectivity index (χ3v) is 1.74. The second-order valence-corrected chi connectivity index (χ2v) is 2.95. The molecule has 0 saturated carbocycles. The van der Waals surface area contributed by atoms with Gasteiger partial charge in [0.15, 0.2) is 17.3 Å². The normalized spacial score (nSPS) is 10.7. The number of halogens is 2. The van der Waals surface area contributed by atoms with Gasteiger partial charge in [0, 0.05) is 11.6 Å². The number of rotatable bonds is 3. The molecule has 0 aliphatic heterocycles. The average Bonchev–Trinajstić information content (AvgIpc) is 2.13. The van der Waals surface area contributed by atoms with Gasteiger partial charge < -0.3 is 4.74 Å². The van der Waals surface area contributed by atoms with Gasteiger partial charge >= 0.3 is 0 Å². The molecule has 1 rings (SSSR count). The van der Waals surface area contributed by atoms with Gasteiger partial charge in [0.2, 0.25) is 0 Å². The molecule has 4 heteroatoms. The van der Waals surface area contributed by atoms with E-state index in [1.807, 2.05) is 0 Å². The molecule has 0 aliphatic carbocycles. The monoisotopic (exact) mass is 212 g/mol. The number of ether oxygens (including phenoxy) is 1. The highest BCUT2D eigenvalue weighted by Crippen LogP contribution is 2.25. The standard InChI is InChI=1S/C11H10F2O2/c1-7(14)3-4-8-5-9(12)6-10(13)11(8)15-2/h3-6H,1-2H3/b4-3+. The number of allylic oxidation sites excluding steroid dienone is 1. The fraction of sp³-hybridized carbons (Fsp3) is 0.182. The lowest BCUT2D eigenvalue weighted by molar-refractivity contribution is -0.112. The molecule has 0 bridgehead atoms. The molecule has 0 unspecified atom stereocenters. The summed E-state index contributed by atoms with van der Waals surface area (Å²) in [6.07, 6.45) is 2.53. The van der Waals surface area contributed by atoms with E-state index in [1.54, 1.807) is 0 Å². The minimum absolute atomic E-state index is 0.0751. The lowest BCUT2D eigenvalue weighted by Gasteiger charge is -2.05. The first-order valence-electron chi connectivity index (χ1n) is 4.26. The first-order valence-corrected chi connectivity index (χ1v) is 4.26. The maximum Gasteiger partial charge on any atom is 0.168 e. The van der Waals surface area contributed by atoms with Gasteiger partial charge in [-0.1, -0.05) is 0 Å². The van der Waals surface area contributed by atoms with Gasteiger partial charge in [-0.2, -0.15) is 0 Å².